The fraction of sp³-hybridized carbons (Fsp3) is 0.261. The van der Waals surface area contributed by atoms with Crippen molar-refractivity contribution in [1.82, 2.24) is 13.9 Å². The van der Waals surface area contributed by atoms with Crippen molar-refractivity contribution in [2.75, 3.05) is 29.9 Å². The number of H-pyrrole nitrogens is 1. The number of anilines is 1. The number of aromatic amines is 1. The molecule has 4 aromatic rings. The van der Waals surface area contributed by atoms with E-state index in [1.807, 2.05) is 30.3 Å². The second kappa shape index (κ2) is 8.31. The summed E-state index contributed by atoms with van der Waals surface area (Å²) in [6.45, 7) is 3.95. The summed E-state index contributed by atoms with van der Waals surface area (Å²) in [5.74, 6) is 1.20. The molecule has 0 saturated carbocycles. The molecule has 1 aliphatic heterocycles. The molecule has 5 rings (SSSR count). The van der Waals surface area contributed by atoms with Crippen LogP contribution in [0.2, 0.25) is 0 Å². The standard InChI is InChI=1S/C23H24N4O3S2/c1-2-27-21-6-4-3-5-18(21)19-13-16(7-8-22(19)27)25-23(28)20-14-17(15-24-20)32(29,30)26-9-11-31-12-10-26/h3-8,13-15,24H,2,9-12H2,1H3,(H,25,28). The second-order valence-corrected chi connectivity index (χ2v) is 10.9. The first-order valence-electron chi connectivity index (χ1n) is 10.6. The molecule has 2 N–H and O–H groups in total. The lowest BCUT2D eigenvalue weighted by Gasteiger charge is -2.24. The third kappa shape index (κ3) is 3.60. The molecule has 3 heterocycles. The summed E-state index contributed by atoms with van der Waals surface area (Å²) >= 11 is 1.75. The number of hydrogen-bond acceptors (Lipinski definition) is 4. The van der Waals surface area contributed by atoms with Crippen LogP contribution in [0.25, 0.3) is 21.8 Å². The first-order chi connectivity index (χ1) is 15.5. The number of nitrogens with one attached hydrogen (secondary N) is 2. The number of hydrogen-bond donors (Lipinski definition) is 2. The van der Waals surface area contributed by atoms with E-state index in [0.29, 0.717) is 18.8 Å². The fourth-order valence-corrected chi connectivity index (χ4v) is 6.83. The molecule has 1 fully saturated rings. The molecule has 0 spiro atoms. The van der Waals surface area contributed by atoms with Crippen LogP contribution >= 0.6 is 11.8 Å². The number of benzene rings is 2. The van der Waals surface area contributed by atoms with Crippen molar-refractivity contribution in [3.8, 4) is 0 Å². The minimum Gasteiger partial charge on any atom is -0.356 e. The highest BCUT2D eigenvalue weighted by molar-refractivity contribution is 7.99. The smallest absolute Gasteiger partial charge is 0.272 e. The summed E-state index contributed by atoms with van der Waals surface area (Å²) < 4.78 is 29.4. The van der Waals surface area contributed by atoms with Crippen molar-refractivity contribution in [2.24, 2.45) is 0 Å². The van der Waals surface area contributed by atoms with Crippen LogP contribution in [0.4, 0.5) is 5.69 Å². The molecule has 166 valence electrons. The molecule has 1 amide bonds. The topological polar surface area (TPSA) is 87.2 Å². The Morgan fingerprint density at radius 2 is 1.81 bits per heavy atom. The molecule has 9 heteroatoms. The minimum atomic E-state index is -3.59. The van der Waals surface area contributed by atoms with E-state index in [1.165, 1.54) is 16.6 Å². The van der Waals surface area contributed by atoms with Gasteiger partial charge in [0.2, 0.25) is 10.0 Å². The van der Waals surface area contributed by atoms with E-state index in [1.54, 1.807) is 11.8 Å². The third-order valence-electron chi connectivity index (χ3n) is 5.86. The predicted molar refractivity (Wildman–Crippen MR) is 130 cm³/mol. The molecule has 0 unspecified atom stereocenters. The predicted octanol–water partition coefficient (Wildman–Crippen LogP) is 4.13. The first kappa shape index (κ1) is 21.1. The van der Waals surface area contributed by atoms with E-state index < -0.39 is 10.0 Å². The summed E-state index contributed by atoms with van der Waals surface area (Å²) in [5.41, 5.74) is 3.14. The Labute approximate surface area is 190 Å². The SMILES string of the molecule is CCn1c2ccccc2c2cc(NC(=O)c3cc(S(=O)(=O)N4CCSCC4)c[nH]3)ccc21. The van der Waals surface area contributed by atoms with Crippen molar-refractivity contribution >= 4 is 55.2 Å². The van der Waals surface area contributed by atoms with Crippen LogP contribution in [-0.2, 0) is 16.6 Å². The highest BCUT2D eigenvalue weighted by Gasteiger charge is 2.27. The summed E-state index contributed by atoms with van der Waals surface area (Å²) in [7, 11) is -3.59. The molecule has 0 bridgehead atoms. The van der Waals surface area contributed by atoms with E-state index >= 15 is 0 Å². The Balaban J connectivity index is 1.41. The molecule has 0 aliphatic carbocycles. The van der Waals surface area contributed by atoms with Gasteiger partial charge in [-0.25, -0.2) is 8.42 Å². The maximum absolute atomic E-state index is 12.8. The normalized spacial score (nSPS) is 15.4. The Morgan fingerprint density at radius 1 is 1.06 bits per heavy atom. The number of sulfonamides is 1. The number of carbonyl (C=O) groups is 1. The largest absolute Gasteiger partial charge is 0.356 e. The van der Waals surface area contributed by atoms with E-state index in [2.05, 4.69) is 33.9 Å². The second-order valence-electron chi connectivity index (χ2n) is 7.71. The molecule has 0 atom stereocenters. The van der Waals surface area contributed by atoms with Gasteiger partial charge in [0.25, 0.3) is 5.91 Å². The van der Waals surface area contributed by atoms with Gasteiger partial charge in [-0.3, -0.25) is 4.79 Å². The highest BCUT2D eigenvalue weighted by atomic mass is 32.2. The van der Waals surface area contributed by atoms with Crippen LogP contribution in [0.3, 0.4) is 0 Å². The summed E-state index contributed by atoms with van der Waals surface area (Å²) in [5, 5.41) is 5.10. The average Bonchev–Trinajstić information content (AvgIpc) is 3.43. The van der Waals surface area contributed by atoms with Crippen LogP contribution in [0.15, 0.2) is 59.6 Å². The maximum atomic E-state index is 12.8. The summed E-state index contributed by atoms with van der Waals surface area (Å²) in [4.78, 5) is 15.8. The maximum Gasteiger partial charge on any atom is 0.272 e. The number of thioether (sulfide) groups is 1. The van der Waals surface area contributed by atoms with Gasteiger partial charge < -0.3 is 14.9 Å². The molecular formula is C23H24N4O3S2. The number of carbonyl (C=O) groups excluding carboxylic acids is 1. The van der Waals surface area contributed by atoms with Crippen molar-refractivity contribution < 1.29 is 13.2 Å². The Kier molecular flexibility index (Phi) is 5.48. The molecule has 2 aromatic carbocycles. The minimum absolute atomic E-state index is 0.121. The summed E-state index contributed by atoms with van der Waals surface area (Å²) in [6, 6.07) is 15.5. The van der Waals surface area contributed by atoms with Gasteiger partial charge in [-0.15, -0.1) is 0 Å². The molecule has 2 aromatic heterocycles. The zero-order chi connectivity index (χ0) is 22.3. The zero-order valence-electron chi connectivity index (χ0n) is 17.7. The number of aryl methyl sites for hydroxylation is 1. The number of fused-ring (bicyclic) bond motifs is 3. The number of amides is 1. The van der Waals surface area contributed by atoms with Gasteiger partial charge in [0.15, 0.2) is 0 Å². The molecule has 7 nitrogen and oxygen atoms in total. The van der Waals surface area contributed by atoms with Gasteiger partial charge in [0.05, 0.1) is 0 Å². The molecule has 0 radical (unpaired) electrons. The lowest BCUT2D eigenvalue weighted by molar-refractivity contribution is 0.102. The lowest BCUT2D eigenvalue weighted by atomic mass is 10.1. The quantitative estimate of drug-likeness (QED) is 0.461. The molecule has 1 aliphatic rings. The van der Waals surface area contributed by atoms with Crippen molar-refractivity contribution in [3.63, 3.8) is 0 Å². The fourth-order valence-electron chi connectivity index (χ4n) is 4.26. The van der Waals surface area contributed by atoms with Gasteiger partial charge in [0, 0.05) is 64.8 Å². The third-order valence-corrected chi connectivity index (χ3v) is 8.67. The monoisotopic (exact) mass is 468 g/mol. The van der Waals surface area contributed by atoms with E-state index in [0.717, 1.165) is 39.9 Å². The number of para-hydroxylation sites is 1. The van der Waals surface area contributed by atoms with Crippen molar-refractivity contribution in [1.29, 1.82) is 0 Å². The average molecular weight is 469 g/mol. The number of rotatable bonds is 5. The van der Waals surface area contributed by atoms with Crippen LogP contribution in [0.5, 0.6) is 0 Å². The Hall–Kier alpha value is -2.75. The van der Waals surface area contributed by atoms with E-state index in [9.17, 15) is 13.2 Å². The van der Waals surface area contributed by atoms with E-state index in [-0.39, 0.29) is 16.5 Å². The Morgan fingerprint density at radius 3 is 2.59 bits per heavy atom. The Bertz CT molecular complexity index is 1420. The van der Waals surface area contributed by atoms with Crippen LogP contribution in [0, 0.1) is 0 Å². The van der Waals surface area contributed by atoms with Crippen LogP contribution < -0.4 is 5.32 Å². The van der Waals surface area contributed by atoms with E-state index in [4.69, 9.17) is 0 Å². The van der Waals surface area contributed by atoms with Gasteiger partial charge in [0.1, 0.15) is 10.6 Å². The van der Waals surface area contributed by atoms with Crippen molar-refractivity contribution in [2.45, 2.75) is 18.4 Å². The zero-order valence-corrected chi connectivity index (χ0v) is 19.3. The van der Waals surface area contributed by atoms with Gasteiger partial charge in [-0.2, -0.15) is 16.1 Å². The van der Waals surface area contributed by atoms with Gasteiger partial charge in [-0.1, -0.05) is 18.2 Å². The van der Waals surface area contributed by atoms with Gasteiger partial charge in [-0.05, 0) is 37.3 Å². The number of nitrogens with zero attached hydrogens (tertiary/aromatic N) is 2. The highest BCUT2D eigenvalue weighted by Crippen LogP contribution is 2.31. The molecule has 1 saturated heterocycles. The summed E-state index contributed by atoms with van der Waals surface area (Å²) in [6.07, 6.45) is 1.39. The first-order valence-corrected chi connectivity index (χ1v) is 13.2. The van der Waals surface area contributed by atoms with Gasteiger partial charge >= 0.3 is 0 Å². The van der Waals surface area contributed by atoms with Crippen LogP contribution in [0.1, 0.15) is 17.4 Å². The molecular weight excluding hydrogens is 444 g/mol. The molecule has 32 heavy (non-hydrogen) atoms. The van der Waals surface area contributed by atoms with Crippen molar-refractivity contribution in [3.05, 3.63) is 60.4 Å². The van der Waals surface area contributed by atoms with Crippen LogP contribution in [-0.4, -0.2) is 52.8 Å². The number of aromatic nitrogens is 2. The lowest BCUT2D eigenvalue weighted by Crippen LogP contribution is -2.37.